The molecule has 0 bridgehead atoms. The van der Waals surface area contributed by atoms with Crippen LogP contribution in [0, 0.1) is 6.92 Å². The number of carbonyl (C=O) groups excluding carboxylic acids is 1. The summed E-state index contributed by atoms with van der Waals surface area (Å²) in [6.07, 6.45) is 1.82. The molecular formula is C31H25Br2ClN2O4S. The summed E-state index contributed by atoms with van der Waals surface area (Å²) in [6, 6.07) is 18.4. The molecule has 0 N–H and O–H groups in total. The molecular weight excluding hydrogens is 692 g/mol. The second-order valence-electron chi connectivity index (χ2n) is 9.45. The molecule has 5 rings (SSSR count). The lowest BCUT2D eigenvalue weighted by molar-refractivity contribution is -0.139. The second-order valence-corrected chi connectivity index (χ2v) is 12.6. The molecule has 0 unspecified atom stereocenters. The van der Waals surface area contributed by atoms with Crippen molar-refractivity contribution in [2.45, 2.75) is 33.4 Å². The van der Waals surface area contributed by atoms with Crippen molar-refractivity contribution in [1.82, 2.24) is 4.57 Å². The van der Waals surface area contributed by atoms with Crippen molar-refractivity contribution in [3.05, 3.63) is 128 Å². The van der Waals surface area contributed by atoms with Crippen LogP contribution >= 0.6 is 54.8 Å². The largest absolute Gasteiger partial charge is 0.487 e. The van der Waals surface area contributed by atoms with Crippen LogP contribution in [0.25, 0.3) is 6.08 Å². The van der Waals surface area contributed by atoms with Crippen LogP contribution in [-0.4, -0.2) is 17.1 Å². The smallest absolute Gasteiger partial charge is 0.338 e. The Hall–Kier alpha value is -2.98. The fraction of sp³-hybridized carbons (Fsp3) is 0.194. The van der Waals surface area contributed by atoms with Crippen LogP contribution in [0.5, 0.6) is 5.75 Å². The van der Waals surface area contributed by atoms with Gasteiger partial charge in [0.1, 0.15) is 12.4 Å². The van der Waals surface area contributed by atoms with Gasteiger partial charge in [-0.25, -0.2) is 9.79 Å². The van der Waals surface area contributed by atoms with E-state index in [9.17, 15) is 9.59 Å². The van der Waals surface area contributed by atoms with Crippen molar-refractivity contribution in [2.24, 2.45) is 4.99 Å². The Morgan fingerprint density at radius 1 is 1.10 bits per heavy atom. The van der Waals surface area contributed by atoms with E-state index in [0.717, 1.165) is 31.2 Å². The van der Waals surface area contributed by atoms with Crippen LogP contribution in [-0.2, 0) is 16.1 Å². The second kappa shape index (κ2) is 12.5. The molecule has 0 aliphatic carbocycles. The number of aromatic nitrogens is 1. The number of carbonyl (C=O) groups is 1. The minimum Gasteiger partial charge on any atom is -0.487 e. The molecule has 0 amide bonds. The summed E-state index contributed by atoms with van der Waals surface area (Å²) in [4.78, 5) is 32.1. The third-order valence-electron chi connectivity index (χ3n) is 6.50. The lowest BCUT2D eigenvalue weighted by Crippen LogP contribution is -2.39. The summed E-state index contributed by atoms with van der Waals surface area (Å²) in [5, 5.41) is 0.648. The van der Waals surface area contributed by atoms with Gasteiger partial charge in [0.05, 0.1) is 37.4 Å². The van der Waals surface area contributed by atoms with E-state index >= 15 is 0 Å². The zero-order chi connectivity index (χ0) is 29.3. The Labute approximate surface area is 262 Å². The Kier molecular flexibility index (Phi) is 8.99. The first-order chi connectivity index (χ1) is 19.7. The number of esters is 1. The lowest BCUT2D eigenvalue weighted by atomic mass is 9.95. The van der Waals surface area contributed by atoms with Gasteiger partial charge in [-0.15, -0.1) is 0 Å². The number of aryl methyl sites for hydroxylation is 1. The summed E-state index contributed by atoms with van der Waals surface area (Å²) in [6.45, 7) is 6.10. The van der Waals surface area contributed by atoms with Crippen LogP contribution in [0.2, 0.25) is 5.02 Å². The molecule has 0 radical (unpaired) electrons. The molecule has 3 aromatic carbocycles. The standard InChI is InChI=1S/C31H25Br2ClN2O4S/c1-4-39-30(38)26-18(3)35-31-36(27(26)21-10-8-17(2)9-11-21)29(37)25(41-31)15-20-13-23(32)28(24(33)14-20)40-16-19-6-5-7-22(34)12-19/h5-15,27H,4,16H2,1-3H3/b25-15-/t27-/m1/s1. The first-order valence-electron chi connectivity index (χ1n) is 12.8. The van der Waals surface area contributed by atoms with Crippen LogP contribution in [0.3, 0.4) is 0 Å². The number of allylic oxidation sites excluding steroid dienone is 1. The zero-order valence-corrected chi connectivity index (χ0v) is 27.2. The quantitative estimate of drug-likeness (QED) is 0.196. The van der Waals surface area contributed by atoms with E-state index in [1.165, 1.54) is 11.3 Å². The maximum Gasteiger partial charge on any atom is 0.338 e. The van der Waals surface area contributed by atoms with Gasteiger partial charge in [0.25, 0.3) is 5.56 Å². The summed E-state index contributed by atoms with van der Waals surface area (Å²) in [7, 11) is 0. The van der Waals surface area contributed by atoms with E-state index < -0.39 is 12.0 Å². The monoisotopic (exact) mass is 714 g/mol. The number of ether oxygens (including phenoxy) is 2. The molecule has 4 aromatic rings. The van der Waals surface area contributed by atoms with Crippen molar-refractivity contribution in [1.29, 1.82) is 0 Å². The average Bonchev–Trinajstić information content (AvgIpc) is 3.22. The highest BCUT2D eigenvalue weighted by atomic mass is 79.9. The van der Waals surface area contributed by atoms with Gasteiger partial charge in [0, 0.05) is 5.02 Å². The Morgan fingerprint density at radius 2 is 1.80 bits per heavy atom. The molecule has 1 aromatic heterocycles. The van der Waals surface area contributed by atoms with Gasteiger partial charge in [-0.3, -0.25) is 9.36 Å². The van der Waals surface area contributed by atoms with E-state index in [-0.39, 0.29) is 12.2 Å². The molecule has 10 heteroatoms. The number of benzene rings is 3. The minimum absolute atomic E-state index is 0.225. The normalized spacial score (nSPS) is 15.0. The van der Waals surface area contributed by atoms with Crippen molar-refractivity contribution < 1.29 is 14.3 Å². The molecule has 0 spiro atoms. The molecule has 41 heavy (non-hydrogen) atoms. The van der Waals surface area contributed by atoms with Gasteiger partial charge >= 0.3 is 5.97 Å². The van der Waals surface area contributed by atoms with Crippen LogP contribution in [0.1, 0.15) is 42.1 Å². The zero-order valence-electron chi connectivity index (χ0n) is 22.4. The molecule has 6 nitrogen and oxygen atoms in total. The predicted octanol–water partition coefficient (Wildman–Crippen LogP) is 6.86. The van der Waals surface area contributed by atoms with Gasteiger partial charge < -0.3 is 9.47 Å². The molecule has 0 saturated carbocycles. The number of hydrogen-bond acceptors (Lipinski definition) is 6. The van der Waals surface area contributed by atoms with Crippen LogP contribution in [0.15, 0.2) is 90.7 Å². The fourth-order valence-electron chi connectivity index (χ4n) is 4.59. The molecule has 0 fully saturated rings. The third kappa shape index (κ3) is 6.28. The average molecular weight is 717 g/mol. The Balaban J connectivity index is 1.55. The van der Waals surface area contributed by atoms with Crippen molar-refractivity contribution >= 4 is 66.8 Å². The number of halogens is 3. The Morgan fingerprint density at radius 3 is 2.46 bits per heavy atom. The van der Waals surface area contributed by atoms with Crippen molar-refractivity contribution in [2.75, 3.05) is 6.61 Å². The topological polar surface area (TPSA) is 69.9 Å². The van der Waals surface area contributed by atoms with E-state index in [4.69, 9.17) is 21.1 Å². The predicted molar refractivity (Wildman–Crippen MR) is 169 cm³/mol. The first kappa shape index (κ1) is 29.5. The molecule has 1 aliphatic rings. The molecule has 1 aliphatic heterocycles. The lowest BCUT2D eigenvalue weighted by Gasteiger charge is -2.24. The minimum atomic E-state index is -0.645. The maximum atomic E-state index is 13.9. The van der Waals surface area contributed by atoms with Gasteiger partial charge in [-0.2, -0.15) is 0 Å². The van der Waals surface area contributed by atoms with Crippen LogP contribution in [0.4, 0.5) is 0 Å². The van der Waals surface area contributed by atoms with Crippen LogP contribution < -0.4 is 19.6 Å². The third-order valence-corrected chi connectivity index (χ3v) is 8.90. The summed E-state index contributed by atoms with van der Waals surface area (Å²) < 4.78 is 15.0. The van der Waals surface area contributed by atoms with Crippen molar-refractivity contribution in [3.63, 3.8) is 0 Å². The Bertz CT molecular complexity index is 1840. The summed E-state index contributed by atoms with van der Waals surface area (Å²) in [5.41, 5.74) is 4.29. The van der Waals surface area contributed by atoms with Gasteiger partial charge in [0.15, 0.2) is 4.80 Å². The van der Waals surface area contributed by atoms with Gasteiger partial charge in [0.2, 0.25) is 0 Å². The summed E-state index contributed by atoms with van der Waals surface area (Å²) in [5.74, 6) is 0.160. The molecule has 210 valence electrons. The molecule has 2 heterocycles. The fourth-order valence-corrected chi connectivity index (χ4v) is 7.30. The molecule has 0 saturated heterocycles. The van der Waals surface area contributed by atoms with E-state index in [2.05, 4.69) is 36.9 Å². The number of nitrogens with zero attached hydrogens (tertiary/aromatic N) is 2. The van der Waals surface area contributed by atoms with Gasteiger partial charge in [-0.05, 0) is 99.7 Å². The van der Waals surface area contributed by atoms with E-state index in [1.807, 2.05) is 73.7 Å². The SMILES string of the molecule is CCOC(=O)C1=C(C)N=c2s/c(=C\c3cc(Br)c(OCc4cccc(Cl)c4)c(Br)c3)c(=O)n2[C@@H]1c1ccc(C)cc1. The summed E-state index contributed by atoms with van der Waals surface area (Å²) >= 11 is 14.6. The first-order valence-corrected chi connectivity index (χ1v) is 15.6. The number of hydrogen-bond donors (Lipinski definition) is 0. The highest BCUT2D eigenvalue weighted by Crippen LogP contribution is 2.36. The highest BCUT2D eigenvalue weighted by molar-refractivity contribution is 9.11. The van der Waals surface area contributed by atoms with Gasteiger partial charge in [-0.1, -0.05) is 64.9 Å². The van der Waals surface area contributed by atoms with E-state index in [0.29, 0.717) is 38.0 Å². The van der Waals surface area contributed by atoms with Crippen molar-refractivity contribution in [3.8, 4) is 5.75 Å². The number of fused-ring (bicyclic) bond motifs is 1. The maximum absolute atomic E-state index is 13.9. The van der Waals surface area contributed by atoms with E-state index in [1.54, 1.807) is 18.4 Å². The number of thiazole rings is 1. The highest BCUT2D eigenvalue weighted by Gasteiger charge is 2.33. The molecule has 1 atom stereocenters. The number of rotatable bonds is 7.